The lowest BCUT2D eigenvalue weighted by atomic mass is 9.43. The van der Waals surface area contributed by atoms with Gasteiger partial charge in [-0.2, -0.15) is 0 Å². The van der Waals surface area contributed by atoms with Crippen LogP contribution in [0.3, 0.4) is 0 Å². The molecule has 4 heteroatoms. The lowest BCUT2D eigenvalue weighted by molar-refractivity contribution is -0.289. The molecule has 2 saturated heterocycles. The third kappa shape index (κ3) is 2.00. The number of aliphatic hydroxyl groups excluding tert-OH is 2. The summed E-state index contributed by atoms with van der Waals surface area (Å²) in [6.45, 7) is 9.83. The molecule has 138 valence electrons. The van der Waals surface area contributed by atoms with Gasteiger partial charge in [-0.25, -0.2) is 0 Å². The molecule has 0 amide bonds. The smallest absolute Gasteiger partial charge is 0.184 e. The first-order valence-corrected chi connectivity index (χ1v) is 9.85. The minimum atomic E-state index is -0.797. The molecule has 2 spiro atoms. The summed E-state index contributed by atoms with van der Waals surface area (Å²) >= 11 is 0. The van der Waals surface area contributed by atoms with E-state index in [0.29, 0.717) is 12.5 Å². The van der Waals surface area contributed by atoms with Crippen molar-refractivity contribution in [3.63, 3.8) is 0 Å². The van der Waals surface area contributed by atoms with Crippen LogP contribution in [0.5, 0.6) is 0 Å². The van der Waals surface area contributed by atoms with E-state index >= 15 is 0 Å². The summed E-state index contributed by atoms with van der Waals surface area (Å²) < 4.78 is 12.4. The van der Waals surface area contributed by atoms with Gasteiger partial charge in [0.25, 0.3) is 0 Å². The number of fused-ring (bicyclic) bond motifs is 2. The lowest BCUT2D eigenvalue weighted by Gasteiger charge is -2.65. The number of rotatable bonds is 0. The maximum Gasteiger partial charge on any atom is 0.184 e. The maximum atomic E-state index is 11.0. The zero-order valence-electron chi connectivity index (χ0n) is 15.7. The van der Waals surface area contributed by atoms with E-state index < -0.39 is 11.9 Å². The molecule has 0 aromatic carbocycles. The zero-order chi connectivity index (χ0) is 17.4. The predicted molar refractivity (Wildman–Crippen MR) is 91.4 cm³/mol. The summed E-state index contributed by atoms with van der Waals surface area (Å²) in [6, 6.07) is 0. The highest BCUT2D eigenvalue weighted by Gasteiger charge is 2.70. The van der Waals surface area contributed by atoms with Gasteiger partial charge in [0.05, 0.1) is 18.3 Å². The Bertz CT molecular complexity index is 520. The summed E-state index contributed by atoms with van der Waals surface area (Å²) in [4.78, 5) is 0. The van der Waals surface area contributed by atoms with Crippen LogP contribution in [0.1, 0.15) is 72.6 Å². The Balaban J connectivity index is 1.77. The van der Waals surface area contributed by atoms with Crippen molar-refractivity contribution in [1.82, 2.24) is 0 Å². The fourth-order valence-electron chi connectivity index (χ4n) is 7.34. The SMILES string of the molecule is C[C@@H]1C[C@@H](O)[C@H]2C(C)(C)CCC[C@]2(C)[C@@]12CC[C@@]1(CCO[C@@H]1O)O2. The van der Waals surface area contributed by atoms with Crippen molar-refractivity contribution in [2.45, 2.75) is 96.2 Å². The molecule has 0 aromatic rings. The molecule has 2 N–H and O–H groups in total. The van der Waals surface area contributed by atoms with E-state index in [2.05, 4.69) is 27.7 Å². The Hall–Kier alpha value is -0.160. The molecule has 0 aromatic heterocycles. The van der Waals surface area contributed by atoms with E-state index in [9.17, 15) is 10.2 Å². The van der Waals surface area contributed by atoms with Crippen LogP contribution in [0.4, 0.5) is 0 Å². The molecule has 4 fully saturated rings. The highest BCUT2D eigenvalue weighted by molar-refractivity contribution is 5.18. The van der Waals surface area contributed by atoms with Crippen LogP contribution < -0.4 is 0 Å². The maximum absolute atomic E-state index is 11.0. The molecular weight excluding hydrogens is 304 g/mol. The van der Waals surface area contributed by atoms with Crippen LogP contribution >= 0.6 is 0 Å². The summed E-state index contributed by atoms with van der Waals surface area (Å²) in [7, 11) is 0. The third-order valence-corrected chi connectivity index (χ3v) is 8.34. The second kappa shape index (κ2) is 5.18. The van der Waals surface area contributed by atoms with Gasteiger partial charge in [0, 0.05) is 11.8 Å². The van der Waals surface area contributed by atoms with E-state index in [1.165, 1.54) is 12.8 Å². The molecule has 4 aliphatic rings. The average Bonchev–Trinajstić information content (AvgIpc) is 3.03. The van der Waals surface area contributed by atoms with Gasteiger partial charge in [0.1, 0.15) is 5.60 Å². The highest BCUT2D eigenvalue weighted by Crippen LogP contribution is 2.68. The molecule has 4 rings (SSSR count). The van der Waals surface area contributed by atoms with Gasteiger partial charge in [0.15, 0.2) is 6.29 Å². The molecule has 7 atom stereocenters. The fourth-order valence-corrected chi connectivity index (χ4v) is 7.34. The van der Waals surface area contributed by atoms with E-state index in [-0.39, 0.29) is 28.5 Å². The van der Waals surface area contributed by atoms with Crippen LogP contribution in [-0.4, -0.2) is 40.4 Å². The predicted octanol–water partition coefficient (Wildman–Crippen LogP) is 3.25. The molecule has 0 radical (unpaired) electrons. The minimum Gasteiger partial charge on any atom is -0.393 e. The summed E-state index contributed by atoms with van der Waals surface area (Å²) in [5, 5.41) is 21.4. The number of hydrogen-bond acceptors (Lipinski definition) is 4. The molecule has 4 nitrogen and oxygen atoms in total. The van der Waals surface area contributed by atoms with Crippen LogP contribution in [0, 0.1) is 22.7 Å². The van der Waals surface area contributed by atoms with Crippen molar-refractivity contribution in [2.24, 2.45) is 22.7 Å². The van der Waals surface area contributed by atoms with Crippen molar-refractivity contribution in [1.29, 1.82) is 0 Å². The highest BCUT2D eigenvalue weighted by atomic mass is 16.7. The standard InChI is InChI=1S/C20H34O4/c1-13-12-14(21)15-17(2,3)6-5-7-18(15,4)20(13)9-8-19(24-20)10-11-23-16(19)22/h13-16,21-22H,5-12H2,1-4H3/t13-,14-,15+,16+,18+,19+,20-/m1/s1. The Morgan fingerprint density at radius 1 is 0.958 bits per heavy atom. The number of ether oxygens (including phenoxy) is 2. The van der Waals surface area contributed by atoms with Gasteiger partial charge < -0.3 is 19.7 Å². The van der Waals surface area contributed by atoms with E-state index in [0.717, 1.165) is 32.1 Å². The first kappa shape index (κ1) is 17.3. The van der Waals surface area contributed by atoms with E-state index in [1.807, 2.05) is 0 Å². The van der Waals surface area contributed by atoms with Gasteiger partial charge in [-0.05, 0) is 49.4 Å². The van der Waals surface area contributed by atoms with E-state index in [4.69, 9.17) is 9.47 Å². The lowest BCUT2D eigenvalue weighted by Crippen LogP contribution is -2.67. The Kier molecular flexibility index (Phi) is 3.73. The number of hydrogen-bond donors (Lipinski definition) is 2. The van der Waals surface area contributed by atoms with Gasteiger partial charge in [-0.1, -0.05) is 34.1 Å². The van der Waals surface area contributed by atoms with Crippen LogP contribution in [0.15, 0.2) is 0 Å². The van der Waals surface area contributed by atoms with Crippen molar-refractivity contribution in [2.75, 3.05) is 6.61 Å². The monoisotopic (exact) mass is 338 g/mol. The molecule has 2 aliphatic carbocycles. The van der Waals surface area contributed by atoms with Gasteiger partial charge in [0.2, 0.25) is 0 Å². The Morgan fingerprint density at radius 2 is 1.71 bits per heavy atom. The summed E-state index contributed by atoms with van der Waals surface area (Å²) in [5.74, 6) is 0.555. The van der Waals surface area contributed by atoms with Gasteiger partial charge in [-0.15, -0.1) is 0 Å². The topological polar surface area (TPSA) is 58.9 Å². The zero-order valence-corrected chi connectivity index (χ0v) is 15.7. The van der Waals surface area contributed by atoms with Crippen LogP contribution in [0.25, 0.3) is 0 Å². The van der Waals surface area contributed by atoms with Gasteiger partial charge >= 0.3 is 0 Å². The Labute approximate surface area is 145 Å². The van der Waals surface area contributed by atoms with Crippen molar-refractivity contribution in [3.05, 3.63) is 0 Å². The molecule has 24 heavy (non-hydrogen) atoms. The van der Waals surface area contributed by atoms with Crippen molar-refractivity contribution >= 4 is 0 Å². The molecule has 2 aliphatic heterocycles. The van der Waals surface area contributed by atoms with Crippen molar-refractivity contribution in [3.8, 4) is 0 Å². The average molecular weight is 338 g/mol. The minimum absolute atomic E-state index is 0.0440. The first-order valence-electron chi connectivity index (χ1n) is 9.85. The molecule has 0 unspecified atom stereocenters. The second-order valence-electron chi connectivity index (χ2n) is 9.97. The van der Waals surface area contributed by atoms with E-state index in [1.54, 1.807) is 0 Å². The van der Waals surface area contributed by atoms with Gasteiger partial charge in [-0.3, -0.25) is 0 Å². The Morgan fingerprint density at radius 3 is 2.38 bits per heavy atom. The molecular formula is C20H34O4. The quantitative estimate of drug-likeness (QED) is 0.712. The molecule has 2 heterocycles. The summed E-state index contributed by atoms with van der Waals surface area (Å²) in [6.07, 6.45) is 5.86. The van der Waals surface area contributed by atoms with Crippen LogP contribution in [0.2, 0.25) is 0 Å². The molecule has 0 bridgehead atoms. The van der Waals surface area contributed by atoms with Crippen LogP contribution in [-0.2, 0) is 9.47 Å². The molecule has 2 saturated carbocycles. The number of aliphatic hydroxyl groups is 2. The summed E-state index contributed by atoms with van der Waals surface area (Å²) in [5.41, 5.74) is -0.684. The first-order chi connectivity index (χ1) is 11.2. The normalized spacial score (nSPS) is 56.8. The second-order valence-corrected chi connectivity index (χ2v) is 9.97. The fraction of sp³-hybridized carbons (Fsp3) is 1.00. The largest absolute Gasteiger partial charge is 0.393 e. The van der Waals surface area contributed by atoms with Crippen molar-refractivity contribution < 1.29 is 19.7 Å². The third-order valence-electron chi connectivity index (χ3n) is 8.34.